The zero-order chi connectivity index (χ0) is 17.0. The molecule has 25 heavy (non-hydrogen) atoms. The van der Waals surface area contributed by atoms with Crippen LogP contribution in [0.1, 0.15) is 34.5 Å². The fraction of sp³-hybridized carbons (Fsp3) is 0.136. The zero-order valence-corrected chi connectivity index (χ0v) is 13.8. The number of H-pyrrole nitrogens is 1. The fourth-order valence-corrected chi connectivity index (χ4v) is 3.99. The van der Waals surface area contributed by atoms with Crippen LogP contribution in [0.2, 0.25) is 0 Å². The number of carbonyl (C=O) groups excluding carboxylic acids is 1. The normalized spacial score (nSPS) is 15.5. The lowest BCUT2D eigenvalue weighted by Crippen LogP contribution is -2.10. The molecule has 3 nitrogen and oxygen atoms in total. The molecule has 0 saturated heterocycles. The van der Waals surface area contributed by atoms with E-state index in [-0.39, 0.29) is 5.41 Å². The van der Waals surface area contributed by atoms with Gasteiger partial charge in [0.15, 0.2) is 0 Å². The summed E-state index contributed by atoms with van der Waals surface area (Å²) in [6, 6.07) is 22.9. The fourth-order valence-electron chi connectivity index (χ4n) is 3.99. The van der Waals surface area contributed by atoms with Crippen LogP contribution >= 0.6 is 0 Å². The molecule has 5 rings (SSSR count). The van der Waals surface area contributed by atoms with Gasteiger partial charge in [-0.05, 0) is 52.8 Å². The first kappa shape index (κ1) is 14.3. The minimum absolute atomic E-state index is 0.0484. The molecule has 1 heterocycles. The Morgan fingerprint density at radius 2 is 1.72 bits per heavy atom. The molecule has 1 saturated carbocycles. The lowest BCUT2D eigenvalue weighted by atomic mass is 9.88. The maximum Gasteiger partial charge on any atom is 0.248 e. The molecule has 3 heteroatoms. The Morgan fingerprint density at radius 3 is 2.52 bits per heavy atom. The first-order valence-electron chi connectivity index (χ1n) is 8.59. The third-order valence-electron chi connectivity index (χ3n) is 5.48. The number of benzene rings is 3. The number of aromatic amines is 1. The Labute approximate surface area is 145 Å². The zero-order valence-electron chi connectivity index (χ0n) is 13.8. The van der Waals surface area contributed by atoms with Crippen LogP contribution in [0.15, 0.2) is 66.7 Å². The van der Waals surface area contributed by atoms with Gasteiger partial charge in [-0.25, -0.2) is 0 Å². The molecule has 4 aromatic rings. The highest BCUT2D eigenvalue weighted by atomic mass is 16.1. The van der Waals surface area contributed by atoms with Gasteiger partial charge in [0.1, 0.15) is 0 Å². The van der Waals surface area contributed by atoms with Crippen molar-refractivity contribution >= 4 is 27.6 Å². The summed E-state index contributed by atoms with van der Waals surface area (Å²) in [5.41, 5.74) is 9.57. The second-order valence-electron chi connectivity index (χ2n) is 6.96. The molecule has 1 aromatic heterocycles. The number of amides is 1. The number of aromatic nitrogens is 1. The van der Waals surface area contributed by atoms with E-state index in [0.29, 0.717) is 5.56 Å². The summed E-state index contributed by atoms with van der Waals surface area (Å²) in [7, 11) is 0. The molecule has 1 amide bonds. The third kappa shape index (κ3) is 2.09. The van der Waals surface area contributed by atoms with E-state index in [1.54, 1.807) is 6.07 Å². The van der Waals surface area contributed by atoms with Gasteiger partial charge in [0, 0.05) is 22.2 Å². The summed E-state index contributed by atoms with van der Waals surface area (Å²) in [5, 5.41) is 3.71. The molecule has 0 atom stereocenters. The Kier molecular flexibility index (Phi) is 2.84. The number of carbonyl (C=O) groups is 1. The summed E-state index contributed by atoms with van der Waals surface area (Å²) in [5.74, 6) is -0.395. The number of nitrogens with two attached hydrogens (primary N) is 1. The molecule has 122 valence electrons. The average molecular weight is 326 g/mol. The summed E-state index contributed by atoms with van der Waals surface area (Å²) in [4.78, 5) is 15.0. The number of fused-ring (bicyclic) bond motifs is 2. The van der Waals surface area contributed by atoms with Crippen molar-refractivity contribution in [1.29, 1.82) is 0 Å². The van der Waals surface area contributed by atoms with Crippen LogP contribution in [-0.4, -0.2) is 10.9 Å². The van der Waals surface area contributed by atoms with E-state index in [2.05, 4.69) is 53.5 Å². The summed E-state index contributed by atoms with van der Waals surface area (Å²) >= 11 is 0. The van der Waals surface area contributed by atoms with Gasteiger partial charge in [-0.1, -0.05) is 48.5 Å². The minimum Gasteiger partial charge on any atom is -0.366 e. The summed E-state index contributed by atoms with van der Waals surface area (Å²) in [6.07, 6.45) is 2.27. The molecular weight excluding hydrogens is 308 g/mol. The van der Waals surface area contributed by atoms with E-state index in [1.807, 2.05) is 12.1 Å². The largest absolute Gasteiger partial charge is 0.366 e. The van der Waals surface area contributed by atoms with Gasteiger partial charge in [0.25, 0.3) is 0 Å². The number of nitrogens with one attached hydrogen (secondary N) is 1. The molecule has 0 spiro atoms. The van der Waals surface area contributed by atoms with E-state index in [9.17, 15) is 4.79 Å². The SMILES string of the molecule is NC(=O)c1ccc2cc(C3(c4cccc5ccccc45)CC3)[nH]c2c1. The van der Waals surface area contributed by atoms with Gasteiger partial charge in [-0.2, -0.15) is 0 Å². The van der Waals surface area contributed by atoms with Gasteiger partial charge in [-0.15, -0.1) is 0 Å². The van der Waals surface area contributed by atoms with Gasteiger partial charge < -0.3 is 10.7 Å². The predicted molar refractivity (Wildman–Crippen MR) is 101 cm³/mol. The number of rotatable bonds is 3. The predicted octanol–water partition coefficient (Wildman–Crippen LogP) is 4.50. The van der Waals surface area contributed by atoms with Gasteiger partial charge in [0.05, 0.1) is 0 Å². The number of primary amides is 1. The van der Waals surface area contributed by atoms with Crippen molar-refractivity contribution in [2.45, 2.75) is 18.3 Å². The van der Waals surface area contributed by atoms with E-state index >= 15 is 0 Å². The van der Waals surface area contributed by atoms with E-state index in [1.165, 1.54) is 22.0 Å². The molecule has 0 aliphatic heterocycles. The highest BCUT2D eigenvalue weighted by Crippen LogP contribution is 2.55. The van der Waals surface area contributed by atoms with Crippen LogP contribution in [-0.2, 0) is 5.41 Å². The molecule has 3 N–H and O–H groups in total. The van der Waals surface area contributed by atoms with Crippen molar-refractivity contribution in [2.75, 3.05) is 0 Å². The lowest BCUT2D eigenvalue weighted by Gasteiger charge is -2.17. The van der Waals surface area contributed by atoms with E-state index < -0.39 is 5.91 Å². The molecular formula is C22H18N2O. The molecule has 0 radical (unpaired) electrons. The van der Waals surface area contributed by atoms with Crippen LogP contribution in [0, 0.1) is 0 Å². The van der Waals surface area contributed by atoms with Crippen LogP contribution < -0.4 is 5.73 Å². The Morgan fingerprint density at radius 1 is 0.920 bits per heavy atom. The molecule has 1 aliphatic rings. The van der Waals surface area contributed by atoms with Crippen molar-refractivity contribution in [2.24, 2.45) is 5.73 Å². The van der Waals surface area contributed by atoms with Gasteiger partial charge in [-0.3, -0.25) is 4.79 Å². The topological polar surface area (TPSA) is 58.9 Å². The standard InChI is InChI=1S/C22H18N2O/c23-21(25)16-9-8-15-13-20(24-19(15)12-16)22(10-11-22)18-7-3-5-14-4-1-2-6-17(14)18/h1-9,12-13,24H,10-11H2,(H2,23,25). The first-order chi connectivity index (χ1) is 12.2. The Hall–Kier alpha value is -3.07. The maximum absolute atomic E-state index is 11.4. The highest BCUT2D eigenvalue weighted by molar-refractivity contribution is 5.97. The van der Waals surface area contributed by atoms with Crippen molar-refractivity contribution < 1.29 is 4.79 Å². The van der Waals surface area contributed by atoms with E-state index in [4.69, 9.17) is 5.73 Å². The third-order valence-corrected chi connectivity index (χ3v) is 5.48. The average Bonchev–Trinajstić information content (AvgIpc) is 3.33. The smallest absolute Gasteiger partial charge is 0.248 e. The van der Waals surface area contributed by atoms with Crippen LogP contribution in [0.5, 0.6) is 0 Å². The van der Waals surface area contributed by atoms with Crippen LogP contribution in [0.3, 0.4) is 0 Å². The van der Waals surface area contributed by atoms with E-state index in [0.717, 1.165) is 23.7 Å². The van der Waals surface area contributed by atoms with Crippen LogP contribution in [0.25, 0.3) is 21.7 Å². The van der Waals surface area contributed by atoms with Crippen molar-refractivity contribution in [3.05, 3.63) is 83.6 Å². The molecule has 1 aliphatic carbocycles. The van der Waals surface area contributed by atoms with Gasteiger partial charge in [0.2, 0.25) is 5.91 Å². The molecule has 0 unspecified atom stereocenters. The summed E-state index contributed by atoms with van der Waals surface area (Å²) < 4.78 is 0. The van der Waals surface area contributed by atoms with Gasteiger partial charge >= 0.3 is 0 Å². The molecule has 0 bridgehead atoms. The second kappa shape index (κ2) is 4.96. The lowest BCUT2D eigenvalue weighted by molar-refractivity contribution is 0.100. The monoisotopic (exact) mass is 326 g/mol. The Balaban J connectivity index is 1.69. The van der Waals surface area contributed by atoms with Crippen molar-refractivity contribution in [1.82, 2.24) is 4.98 Å². The Bertz CT molecular complexity index is 1130. The van der Waals surface area contributed by atoms with Crippen molar-refractivity contribution in [3.8, 4) is 0 Å². The number of hydrogen-bond acceptors (Lipinski definition) is 1. The second-order valence-corrected chi connectivity index (χ2v) is 6.96. The number of hydrogen-bond donors (Lipinski definition) is 2. The van der Waals surface area contributed by atoms with Crippen molar-refractivity contribution in [3.63, 3.8) is 0 Å². The first-order valence-corrected chi connectivity index (χ1v) is 8.59. The quantitative estimate of drug-likeness (QED) is 0.572. The maximum atomic E-state index is 11.4. The van der Waals surface area contributed by atoms with Crippen LogP contribution in [0.4, 0.5) is 0 Å². The molecule has 1 fully saturated rings. The molecule has 3 aromatic carbocycles. The summed E-state index contributed by atoms with van der Waals surface area (Å²) in [6.45, 7) is 0. The minimum atomic E-state index is -0.395. The highest BCUT2D eigenvalue weighted by Gasteiger charge is 2.47.